The number of ether oxygens (including phenoxy) is 1. The lowest BCUT2D eigenvalue weighted by molar-refractivity contribution is 0.394. The molecule has 1 rings (SSSR count). The summed E-state index contributed by atoms with van der Waals surface area (Å²) < 4.78 is 5.31. The molecule has 0 amide bonds. The SMILES string of the molecule is COc1cccc(Cl)c1C(CN)NC(C)C. The normalized spacial score (nSPS) is 12.9. The number of rotatable bonds is 5. The van der Waals surface area contributed by atoms with Crippen molar-refractivity contribution >= 4 is 11.6 Å². The summed E-state index contributed by atoms with van der Waals surface area (Å²) in [5, 5.41) is 4.06. The Bertz CT molecular complexity index is 342. The summed E-state index contributed by atoms with van der Waals surface area (Å²) in [7, 11) is 1.64. The summed E-state index contributed by atoms with van der Waals surface area (Å²) in [6.07, 6.45) is 0. The average Bonchev–Trinajstić information content (AvgIpc) is 2.25. The smallest absolute Gasteiger partial charge is 0.125 e. The second-order valence-corrected chi connectivity index (χ2v) is 4.37. The van der Waals surface area contributed by atoms with Gasteiger partial charge in [-0.3, -0.25) is 0 Å². The van der Waals surface area contributed by atoms with Crippen LogP contribution < -0.4 is 15.8 Å². The number of nitrogens with two attached hydrogens (primary N) is 1. The molecular weight excluding hydrogens is 224 g/mol. The van der Waals surface area contributed by atoms with Gasteiger partial charge in [-0.25, -0.2) is 0 Å². The van der Waals surface area contributed by atoms with Gasteiger partial charge < -0.3 is 15.8 Å². The first kappa shape index (κ1) is 13.3. The van der Waals surface area contributed by atoms with E-state index < -0.39 is 0 Å². The number of halogens is 1. The van der Waals surface area contributed by atoms with E-state index in [1.165, 1.54) is 0 Å². The molecular formula is C12H19ClN2O. The molecule has 1 aromatic rings. The molecule has 0 radical (unpaired) electrons. The van der Waals surface area contributed by atoms with Crippen molar-refractivity contribution < 1.29 is 4.74 Å². The molecule has 1 atom stereocenters. The van der Waals surface area contributed by atoms with Crippen molar-refractivity contribution in [1.82, 2.24) is 5.32 Å². The second kappa shape index (κ2) is 6.09. The fraction of sp³-hybridized carbons (Fsp3) is 0.500. The molecule has 0 saturated heterocycles. The standard InChI is InChI=1S/C12H19ClN2O/c1-8(2)15-10(7-14)12-9(13)5-4-6-11(12)16-3/h4-6,8,10,15H,7,14H2,1-3H3. The van der Waals surface area contributed by atoms with E-state index in [0.717, 1.165) is 11.3 Å². The molecule has 3 nitrogen and oxygen atoms in total. The van der Waals surface area contributed by atoms with Gasteiger partial charge in [-0.05, 0) is 12.1 Å². The second-order valence-electron chi connectivity index (χ2n) is 3.97. The van der Waals surface area contributed by atoms with Gasteiger partial charge in [-0.15, -0.1) is 0 Å². The molecule has 3 N–H and O–H groups in total. The van der Waals surface area contributed by atoms with Crippen LogP contribution in [0.4, 0.5) is 0 Å². The Kier molecular flexibility index (Phi) is 5.06. The Balaban J connectivity index is 3.07. The number of nitrogens with one attached hydrogen (secondary N) is 1. The topological polar surface area (TPSA) is 47.3 Å². The lowest BCUT2D eigenvalue weighted by Crippen LogP contribution is -2.33. The highest BCUT2D eigenvalue weighted by Gasteiger charge is 2.18. The summed E-state index contributed by atoms with van der Waals surface area (Å²) in [4.78, 5) is 0. The Hall–Kier alpha value is -0.770. The minimum atomic E-state index is 0.0173. The number of hydrogen-bond donors (Lipinski definition) is 2. The third-order valence-electron chi connectivity index (χ3n) is 2.35. The van der Waals surface area contributed by atoms with E-state index in [2.05, 4.69) is 19.2 Å². The van der Waals surface area contributed by atoms with Gasteiger partial charge in [-0.2, -0.15) is 0 Å². The molecule has 0 aliphatic rings. The summed E-state index contributed by atoms with van der Waals surface area (Å²) in [5.74, 6) is 0.774. The molecule has 0 heterocycles. The molecule has 0 spiro atoms. The molecule has 0 aliphatic carbocycles. The minimum absolute atomic E-state index is 0.0173. The molecule has 90 valence electrons. The molecule has 0 aromatic heterocycles. The van der Waals surface area contributed by atoms with Crippen molar-refractivity contribution in [2.45, 2.75) is 25.9 Å². The summed E-state index contributed by atoms with van der Waals surface area (Å²) >= 11 is 6.19. The molecule has 0 fully saturated rings. The number of benzene rings is 1. The van der Waals surface area contributed by atoms with E-state index in [-0.39, 0.29) is 6.04 Å². The maximum absolute atomic E-state index is 6.19. The Morgan fingerprint density at radius 3 is 2.62 bits per heavy atom. The number of hydrogen-bond acceptors (Lipinski definition) is 3. The van der Waals surface area contributed by atoms with E-state index >= 15 is 0 Å². The largest absolute Gasteiger partial charge is 0.496 e. The zero-order valence-electron chi connectivity index (χ0n) is 9.96. The van der Waals surface area contributed by atoms with Crippen molar-refractivity contribution in [2.75, 3.05) is 13.7 Å². The van der Waals surface area contributed by atoms with E-state index in [9.17, 15) is 0 Å². The highest BCUT2D eigenvalue weighted by molar-refractivity contribution is 6.31. The fourth-order valence-electron chi connectivity index (χ4n) is 1.71. The van der Waals surface area contributed by atoms with Crippen LogP contribution in [0.15, 0.2) is 18.2 Å². The molecule has 1 aromatic carbocycles. The Morgan fingerprint density at radius 1 is 1.44 bits per heavy atom. The number of methoxy groups -OCH3 is 1. The van der Waals surface area contributed by atoms with Gasteiger partial charge in [0.2, 0.25) is 0 Å². The maximum Gasteiger partial charge on any atom is 0.125 e. The van der Waals surface area contributed by atoms with Crippen LogP contribution in [0, 0.1) is 0 Å². The van der Waals surface area contributed by atoms with Gasteiger partial charge >= 0.3 is 0 Å². The lowest BCUT2D eigenvalue weighted by atomic mass is 10.0. The van der Waals surface area contributed by atoms with E-state index in [1.54, 1.807) is 7.11 Å². The predicted molar refractivity (Wildman–Crippen MR) is 68.1 cm³/mol. The highest BCUT2D eigenvalue weighted by Crippen LogP contribution is 2.31. The van der Waals surface area contributed by atoms with Crippen LogP contribution in [0.2, 0.25) is 5.02 Å². The Morgan fingerprint density at radius 2 is 2.12 bits per heavy atom. The predicted octanol–water partition coefficient (Wildman–Crippen LogP) is 2.35. The third kappa shape index (κ3) is 3.11. The first-order valence-corrected chi connectivity index (χ1v) is 5.76. The van der Waals surface area contributed by atoms with Crippen molar-refractivity contribution in [1.29, 1.82) is 0 Å². The van der Waals surface area contributed by atoms with E-state index in [4.69, 9.17) is 22.1 Å². The molecule has 16 heavy (non-hydrogen) atoms. The monoisotopic (exact) mass is 242 g/mol. The third-order valence-corrected chi connectivity index (χ3v) is 2.68. The molecule has 1 unspecified atom stereocenters. The molecule has 4 heteroatoms. The van der Waals surface area contributed by atoms with Gasteiger partial charge in [0.1, 0.15) is 5.75 Å². The van der Waals surface area contributed by atoms with Crippen LogP contribution in [0.1, 0.15) is 25.5 Å². The van der Waals surface area contributed by atoms with Gasteiger partial charge in [0.15, 0.2) is 0 Å². The van der Waals surface area contributed by atoms with E-state index in [0.29, 0.717) is 17.6 Å². The van der Waals surface area contributed by atoms with Crippen molar-refractivity contribution in [3.63, 3.8) is 0 Å². The highest BCUT2D eigenvalue weighted by atomic mass is 35.5. The summed E-state index contributed by atoms with van der Waals surface area (Å²) in [6, 6.07) is 5.97. The van der Waals surface area contributed by atoms with Crippen molar-refractivity contribution in [2.24, 2.45) is 5.73 Å². The quantitative estimate of drug-likeness (QED) is 0.833. The van der Waals surface area contributed by atoms with Gasteiger partial charge in [0, 0.05) is 29.2 Å². The van der Waals surface area contributed by atoms with Gasteiger partial charge in [0.05, 0.1) is 7.11 Å². The average molecular weight is 243 g/mol. The maximum atomic E-state index is 6.19. The zero-order valence-corrected chi connectivity index (χ0v) is 10.7. The first-order valence-electron chi connectivity index (χ1n) is 5.38. The molecule has 0 saturated carbocycles. The van der Waals surface area contributed by atoms with Crippen LogP contribution in [-0.4, -0.2) is 19.7 Å². The van der Waals surface area contributed by atoms with E-state index in [1.807, 2.05) is 18.2 Å². The van der Waals surface area contributed by atoms with Crippen LogP contribution in [0.5, 0.6) is 5.75 Å². The molecule has 0 aliphatic heterocycles. The van der Waals surface area contributed by atoms with Crippen LogP contribution in [-0.2, 0) is 0 Å². The van der Waals surface area contributed by atoms with Crippen LogP contribution in [0.25, 0.3) is 0 Å². The van der Waals surface area contributed by atoms with Gasteiger partial charge in [0.25, 0.3) is 0 Å². The van der Waals surface area contributed by atoms with Crippen molar-refractivity contribution in [3.8, 4) is 5.75 Å². The lowest BCUT2D eigenvalue weighted by Gasteiger charge is -2.23. The first-order chi connectivity index (χ1) is 7.60. The van der Waals surface area contributed by atoms with Gasteiger partial charge in [-0.1, -0.05) is 31.5 Å². The fourth-order valence-corrected chi connectivity index (χ4v) is 2.00. The minimum Gasteiger partial charge on any atom is -0.496 e. The summed E-state index contributed by atoms with van der Waals surface area (Å²) in [5.41, 5.74) is 6.70. The van der Waals surface area contributed by atoms with Crippen molar-refractivity contribution in [3.05, 3.63) is 28.8 Å². The molecule has 0 bridgehead atoms. The zero-order chi connectivity index (χ0) is 12.1. The Labute approximate surface area is 102 Å². The summed E-state index contributed by atoms with van der Waals surface area (Å²) in [6.45, 7) is 4.64. The van der Waals surface area contributed by atoms with Crippen LogP contribution >= 0.6 is 11.6 Å². The van der Waals surface area contributed by atoms with Crippen LogP contribution in [0.3, 0.4) is 0 Å².